The number of aromatic nitrogens is 1. The molecule has 2 aromatic rings. The monoisotopic (exact) mass is 304 g/mol. The van der Waals surface area contributed by atoms with Crippen LogP contribution >= 0.6 is 15.9 Å². The minimum absolute atomic E-state index is 0.476. The van der Waals surface area contributed by atoms with Crippen molar-refractivity contribution in [3.05, 3.63) is 58.2 Å². The molecule has 2 N–H and O–H groups in total. The van der Waals surface area contributed by atoms with Crippen LogP contribution in [0, 0.1) is 0 Å². The SMILES string of the molecule is COC(=Cc1cc(Br)cnc1N)c1ccccc1. The topological polar surface area (TPSA) is 48.1 Å². The van der Waals surface area contributed by atoms with Crippen molar-refractivity contribution in [2.24, 2.45) is 0 Å². The summed E-state index contributed by atoms with van der Waals surface area (Å²) in [6.07, 6.45) is 3.55. The summed E-state index contributed by atoms with van der Waals surface area (Å²) < 4.78 is 6.28. The van der Waals surface area contributed by atoms with Crippen LogP contribution in [0.4, 0.5) is 5.82 Å². The summed E-state index contributed by atoms with van der Waals surface area (Å²) in [6, 6.07) is 11.8. The van der Waals surface area contributed by atoms with Gasteiger partial charge in [0.1, 0.15) is 11.6 Å². The zero-order valence-corrected chi connectivity index (χ0v) is 11.5. The largest absolute Gasteiger partial charge is 0.496 e. The molecular weight excluding hydrogens is 292 g/mol. The maximum atomic E-state index is 5.84. The molecule has 1 heterocycles. The van der Waals surface area contributed by atoms with Crippen LogP contribution in [0.5, 0.6) is 0 Å². The highest BCUT2D eigenvalue weighted by Gasteiger charge is 2.04. The molecule has 0 atom stereocenters. The number of halogens is 1. The third kappa shape index (κ3) is 2.90. The first-order valence-corrected chi connectivity index (χ1v) is 6.22. The second-order valence-electron chi connectivity index (χ2n) is 3.71. The van der Waals surface area contributed by atoms with Crippen LogP contribution in [0.2, 0.25) is 0 Å². The van der Waals surface area contributed by atoms with Gasteiger partial charge in [-0.25, -0.2) is 4.98 Å². The fourth-order valence-corrected chi connectivity index (χ4v) is 1.93. The Bertz CT molecular complexity index is 567. The average Bonchev–Trinajstić information content (AvgIpc) is 2.41. The Labute approximate surface area is 114 Å². The Hall–Kier alpha value is -1.81. The summed E-state index contributed by atoms with van der Waals surface area (Å²) in [6.45, 7) is 0. The standard InChI is InChI=1S/C14H13BrN2O/c1-18-13(10-5-3-2-4-6-10)8-11-7-12(15)9-17-14(11)16/h2-9H,1H3,(H2,16,17). The first-order chi connectivity index (χ1) is 8.70. The normalized spacial score (nSPS) is 11.3. The minimum atomic E-state index is 0.476. The molecule has 0 radical (unpaired) electrons. The molecular formula is C14H13BrN2O. The van der Waals surface area contributed by atoms with E-state index < -0.39 is 0 Å². The Kier molecular flexibility index (Phi) is 3.99. The number of ether oxygens (including phenoxy) is 1. The van der Waals surface area contributed by atoms with E-state index in [4.69, 9.17) is 10.5 Å². The number of nitrogens with two attached hydrogens (primary N) is 1. The van der Waals surface area contributed by atoms with Crippen molar-refractivity contribution in [1.29, 1.82) is 0 Å². The van der Waals surface area contributed by atoms with Crippen molar-refractivity contribution in [2.75, 3.05) is 12.8 Å². The van der Waals surface area contributed by atoms with Crippen LogP contribution in [0.1, 0.15) is 11.1 Å². The molecule has 0 amide bonds. The smallest absolute Gasteiger partial charge is 0.130 e. The van der Waals surface area contributed by atoms with E-state index in [1.165, 1.54) is 0 Å². The molecule has 0 saturated heterocycles. The summed E-state index contributed by atoms with van der Waals surface area (Å²) in [4.78, 5) is 4.09. The van der Waals surface area contributed by atoms with Crippen molar-refractivity contribution in [1.82, 2.24) is 4.98 Å². The first kappa shape index (κ1) is 12.6. The average molecular weight is 305 g/mol. The third-order valence-electron chi connectivity index (χ3n) is 2.48. The fraction of sp³-hybridized carbons (Fsp3) is 0.0714. The van der Waals surface area contributed by atoms with E-state index in [0.29, 0.717) is 5.82 Å². The molecule has 0 aliphatic heterocycles. The fourth-order valence-electron chi connectivity index (χ4n) is 1.58. The van der Waals surface area contributed by atoms with E-state index in [0.717, 1.165) is 21.4 Å². The van der Waals surface area contributed by atoms with Gasteiger partial charge in [0.05, 0.1) is 7.11 Å². The van der Waals surface area contributed by atoms with Crippen LogP contribution in [-0.2, 0) is 4.74 Å². The second kappa shape index (κ2) is 5.69. The van der Waals surface area contributed by atoms with E-state index in [9.17, 15) is 0 Å². The van der Waals surface area contributed by atoms with Crippen molar-refractivity contribution in [2.45, 2.75) is 0 Å². The third-order valence-corrected chi connectivity index (χ3v) is 2.91. The quantitative estimate of drug-likeness (QED) is 0.882. The molecule has 0 aliphatic rings. The minimum Gasteiger partial charge on any atom is -0.496 e. The lowest BCUT2D eigenvalue weighted by molar-refractivity contribution is 0.372. The van der Waals surface area contributed by atoms with Gasteiger partial charge in [0, 0.05) is 21.8 Å². The number of benzene rings is 1. The van der Waals surface area contributed by atoms with Crippen molar-refractivity contribution in [3.63, 3.8) is 0 Å². The number of hydrogen-bond donors (Lipinski definition) is 1. The number of rotatable bonds is 3. The van der Waals surface area contributed by atoms with Gasteiger partial charge in [-0.2, -0.15) is 0 Å². The molecule has 0 fully saturated rings. The van der Waals surface area contributed by atoms with Crippen molar-refractivity contribution < 1.29 is 4.74 Å². The van der Waals surface area contributed by atoms with Gasteiger partial charge in [-0.1, -0.05) is 30.3 Å². The zero-order chi connectivity index (χ0) is 13.0. The molecule has 1 aromatic carbocycles. The van der Waals surface area contributed by atoms with Gasteiger partial charge in [0.2, 0.25) is 0 Å². The van der Waals surface area contributed by atoms with Crippen LogP contribution in [0.25, 0.3) is 11.8 Å². The van der Waals surface area contributed by atoms with Gasteiger partial charge in [-0.3, -0.25) is 0 Å². The Morgan fingerprint density at radius 3 is 2.72 bits per heavy atom. The predicted octanol–water partition coefficient (Wildman–Crippen LogP) is 3.57. The predicted molar refractivity (Wildman–Crippen MR) is 77.7 cm³/mol. The second-order valence-corrected chi connectivity index (χ2v) is 4.62. The van der Waals surface area contributed by atoms with Gasteiger partial charge in [0.15, 0.2) is 0 Å². The molecule has 4 heteroatoms. The number of nitrogens with zero attached hydrogens (tertiary/aromatic N) is 1. The Balaban J connectivity index is 2.44. The van der Waals surface area contributed by atoms with Crippen molar-refractivity contribution >= 4 is 33.6 Å². The van der Waals surface area contributed by atoms with E-state index in [1.54, 1.807) is 13.3 Å². The maximum absolute atomic E-state index is 5.84. The molecule has 3 nitrogen and oxygen atoms in total. The van der Waals surface area contributed by atoms with Crippen LogP contribution in [-0.4, -0.2) is 12.1 Å². The van der Waals surface area contributed by atoms with Gasteiger partial charge < -0.3 is 10.5 Å². The summed E-state index contributed by atoms with van der Waals surface area (Å²) in [7, 11) is 1.64. The number of methoxy groups -OCH3 is 1. The summed E-state index contributed by atoms with van der Waals surface area (Å²) in [5.41, 5.74) is 7.66. The Morgan fingerprint density at radius 2 is 2.06 bits per heavy atom. The summed E-state index contributed by atoms with van der Waals surface area (Å²) in [5.74, 6) is 1.23. The Morgan fingerprint density at radius 1 is 1.33 bits per heavy atom. The molecule has 1 aromatic heterocycles. The van der Waals surface area contributed by atoms with Gasteiger partial charge in [0.25, 0.3) is 0 Å². The number of pyridine rings is 1. The molecule has 92 valence electrons. The maximum Gasteiger partial charge on any atom is 0.130 e. The van der Waals surface area contributed by atoms with Crippen molar-refractivity contribution in [3.8, 4) is 0 Å². The van der Waals surface area contributed by atoms with E-state index >= 15 is 0 Å². The number of nitrogen functional groups attached to an aromatic ring is 1. The lowest BCUT2D eigenvalue weighted by Crippen LogP contribution is -1.95. The van der Waals surface area contributed by atoms with Crippen LogP contribution in [0.15, 0.2) is 47.1 Å². The van der Waals surface area contributed by atoms with Crippen LogP contribution < -0.4 is 5.73 Å². The molecule has 0 aliphatic carbocycles. The number of hydrogen-bond acceptors (Lipinski definition) is 3. The van der Waals surface area contributed by atoms with E-state index in [1.807, 2.05) is 42.5 Å². The highest BCUT2D eigenvalue weighted by molar-refractivity contribution is 9.10. The summed E-state index contributed by atoms with van der Waals surface area (Å²) >= 11 is 3.38. The van der Waals surface area contributed by atoms with Gasteiger partial charge >= 0.3 is 0 Å². The van der Waals surface area contributed by atoms with Gasteiger partial charge in [-0.15, -0.1) is 0 Å². The zero-order valence-electron chi connectivity index (χ0n) is 9.93. The lowest BCUT2D eigenvalue weighted by Gasteiger charge is -2.07. The van der Waals surface area contributed by atoms with E-state index in [-0.39, 0.29) is 0 Å². The molecule has 18 heavy (non-hydrogen) atoms. The van der Waals surface area contributed by atoms with Crippen LogP contribution in [0.3, 0.4) is 0 Å². The molecule has 2 rings (SSSR count). The van der Waals surface area contributed by atoms with E-state index in [2.05, 4.69) is 20.9 Å². The highest BCUT2D eigenvalue weighted by Crippen LogP contribution is 2.23. The molecule has 0 bridgehead atoms. The highest BCUT2D eigenvalue weighted by atomic mass is 79.9. The summed E-state index contributed by atoms with van der Waals surface area (Å²) in [5, 5.41) is 0. The lowest BCUT2D eigenvalue weighted by atomic mass is 10.1. The molecule has 0 unspecified atom stereocenters. The molecule has 0 spiro atoms. The number of anilines is 1. The van der Waals surface area contributed by atoms with Gasteiger partial charge in [-0.05, 0) is 28.1 Å². The first-order valence-electron chi connectivity index (χ1n) is 5.43. The molecule has 0 saturated carbocycles.